The zero-order valence-corrected chi connectivity index (χ0v) is 9.65. The molecule has 0 aromatic carbocycles. The average Bonchev–Trinajstić information content (AvgIpc) is 2.65. The number of aromatic amines is 1. The van der Waals surface area contributed by atoms with Crippen LogP contribution in [0.25, 0.3) is 11.2 Å². The molecule has 0 saturated heterocycles. The molecule has 0 amide bonds. The van der Waals surface area contributed by atoms with Crippen LogP contribution in [0.3, 0.4) is 0 Å². The van der Waals surface area contributed by atoms with Crippen molar-refractivity contribution in [3.05, 3.63) is 20.8 Å². The zero-order chi connectivity index (χ0) is 12.2. The maximum Gasteiger partial charge on any atom is 0.329 e. The first-order valence-electron chi connectivity index (χ1n) is 5.51. The minimum atomic E-state index is -0.439. The number of aryl methyl sites for hydroxylation is 1. The predicted molar refractivity (Wildman–Crippen MR) is 63.2 cm³/mol. The Kier molecular flexibility index (Phi) is 1.92. The molecule has 0 unspecified atom stereocenters. The van der Waals surface area contributed by atoms with Crippen molar-refractivity contribution >= 4 is 17.1 Å². The molecule has 1 atom stereocenters. The van der Waals surface area contributed by atoms with Gasteiger partial charge in [0.1, 0.15) is 0 Å². The van der Waals surface area contributed by atoms with Crippen LogP contribution in [0.15, 0.2) is 9.59 Å². The maximum atomic E-state index is 11.8. The van der Waals surface area contributed by atoms with Crippen LogP contribution in [0.2, 0.25) is 0 Å². The van der Waals surface area contributed by atoms with Gasteiger partial charge < -0.3 is 9.88 Å². The van der Waals surface area contributed by atoms with Crippen LogP contribution in [0.4, 0.5) is 5.95 Å². The van der Waals surface area contributed by atoms with Gasteiger partial charge in [-0.2, -0.15) is 4.98 Å². The van der Waals surface area contributed by atoms with Gasteiger partial charge in [0.25, 0.3) is 5.56 Å². The number of H-pyrrole nitrogens is 1. The molecule has 0 bridgehead atoms. The highest BCUT2D eigenvalue weighted by Crippen LogP contribution is 2.21. The second-order valence-corrected chi connectivity index (χ2v) is 4.52. The molecule has 90 valence electrons. The molecule has 0 spiro atoms. The molecule has 0 saturated carbocycles. The summed E-state index contributed by atoms with van der Waals surface area (Å²) < 4.78 is 3.19. The van der Waals surface area contributed by atoms with Gasteiger partial charge in [-0.3, -0.25) is 14.3 Å². The van der Waals surface area contributed by atoms with Crippen molar-refractivity contribution in [2.24, 2.45) is 13.0 Å². The minimum Gasteiger partial charge on any atom is -0.355 e. The largest absolute Gasteiger partial charge is 0.355 e. The van der Waals surface area contributed by atoms with Gasteiger partial charge in [0.05, 0.1) is 0 Å². The Morgan fingerprint density at radius 2 is 2.18 bits per heavy atom. The summed E-state index contributed by atoms with van der Waals surface area (Å²) in [5.74, 6) is 1.08. The Bertz CT molecular complexity index is 708. The van der Waals surface area contributed by atoms with E-state index in [4.69, 9.17) is 0 Å². The van der Waals surface area contributed by atoms with Gasteiger partial charge in [-0.1, -0.05) is 6.92 Å². The van der Waals surface area contributed by atoms with Crippen molar-refractivity contribution in [2.75, 3.05) is 11.9 Å². The number of imidazole rings is 1. The second-order valence-electron chi connectivity index (χ2n) is 4.52. The van der Waals surface area contributed by atoms with Gasteiger partial charge in [0.2, 0.25) is 5.95 Å². The molecule has 7 nitrogen and oxygen atoms in total. The Labute approximate surface area is 96.1 Å². The van der Waals surface area contributed by atoms with Crippen LogP contribution < -0.4 is 16.6 Å². The van der Waals surface area contributed by atoms with E-state index in [-0.39, 0.29) is 5.56 Å². The van der Waals surface area contributed by atoms with Gasteiger partial charge >= 0.3 is 5.69 Å². The van der Waals surface area contributed by atoms with Crippen molar-refractivity contribution in [1.29, 1.82) is 0 Å². The highest BCUT2D eigenvalue weighted by molar-refractivity contribution is 5.74. The Balaban J connectivity index is 2.44. The molecule has 0 fully saturated rings. The lowest BCUT2D eigenvalue weighted by atomic mass is 10.1. The summed E-state index contributed by atoms with van der Waals surface area (Å²) in [7, 11) is 1.60. The van der Waals surface area contributed by atoms with E-state index in [1.807, 2.05) is 4.57 Å². The fourth-order valence-corrected chi connectivity index (χ4v) is 2.19. The third-order valence-corrected chi connectivity index (χ3v) is 3.11. The fraction of sp³-hybridized carbons (Fsp3) is 0.500. The quantitative estimate of drug-likeness (QED) is 0.643. The van der Waals surface area contributed by atoms with Crippen LogP contribution >= 0.6 is 0 Å². The summed E-state index contributed by atoms with van der Waals surface area (Å²) in [6.45, 7) is 3.66. The molecule has 1 aliphatic heterocycles. The van der Waals surface area contributed by atoms with Crippen molar-refractivity contribution < 1.29 is 0 Å². The second kappa shape index (κ2) is 3.22. The number of hydrogen-bond acceptors (Lipinski definition) is 4. The van der Waals surface area contributed by atoms with Crippen molar-refractivity contribution in [2.45, 2.75) is 13.5 Å². The molecular formula is C10H13N5O2. The summed E-state index contributed by atoms with van der Waals surface area (Å²) in [6.07, 6.45) is 0. The number of fused-ring (bicyclic) bond motifs is 3. The maximum absolute atomic E-state index is 11.8. The third-order valence-electron chi connectivity index (χ3n) is 3.11. The van der Waals surface area contributed by atoms with E-state index in [0.29, 0.717) is 23.0 Å². The first-order chi connectivity index (χ1) is 8.08. The average molecular weight is 235 g/mol. The predicted octanol–water partition coefficient (Wildman–Crippen LogP) is -0.515. The van der Waals surface area contributed by atoms with E-state index in [1.165, 1.54) is 4.57 Å². The summed E-state index contributed by atoms with van der Waals surface area (Å²) in [6, 6.07) is 0. The van der Waals surface area contributed by atoms with E-state index >= 15 is 0 Å². The van der Waals surface area contributed by atoms with Crippen LogP contribution in [0, 0.1) is 5.92 Å². The Morgan fingerprint density at radius 3 is 2.94 bits per heavy atom. The summed E-state index contributed by atoms with van der Waals surface area (Å²) in [5, 5.41) is 3.16. The molecule has 2 aromatic rings. The molecule has 17 heavy (non-hydrogen) atoms. The number of nitrogens with one attached hydrogen (secondary N) is 2. The van der Waals surface area contributed by atoms with Gasteiger partial charge in [-0.25, -0.2) is 4.79 Å². The van der Waals surface area contributed by atoms with Gasteiger partial charge in [0, 0.05) is 20.1 Å². The lowest BCUT2D eigenvalue weighted by molar-refractivity contribution is 0.485. The van der Waals surface area contributed by atoms with Gasteiger partial charge in [0.15, 0.2) is 11.2 Å². The molecule has 2 aromatic heterocycles. The van der Waals surface area contributed by atoms with E-state index in [2.05, 4.69) is 22.2 Å². The van der Waals surface area contributed by atoms with E-state index in [0.717, 1.165) is 13.1 Å². The summed E-state index contributed by atoms with van der Waals surface area (Å²) >= 11 is 0. The fourth-order valence-electron chi connectivity index (χ4n) is 2.19. The van der Waals surface area contributed by atoms with E-state index in [9.17, 15) is 9.59 Å². The Hall–Kier alpha value is -2.05. The van der Waals surface area contributed by atoms with Crippen molar-refractivity contribution in [3.63, 3.8) is 0 Å². The number of anilines is 1. The third kappa shape index (κ3) is 1.31. The molecule has 1 aliphatic rings. The number of nitrogens with zero attached hydrogens (tertiary/aromatic N) is 3. The molecule has 7 heteroatoms. The molecule has 2 N–H and O–H groups in total. The van der Waals surface area contributed by atoms with Crippen LogP contribution in [-0.2, 0) is 13.6 Å². The number of aromatic nitrogens is 4. The normalized spacial score (nSPS) is 19.1. The molecule has 0 radical (unpaired) electrons. The monoisotopic (exact) mass is 235 g/mol. The van der Waals surface area contributed by atoms with Gasteiger partial charge in [-0.05, 0) is 5.92 Å². The summed E-state index contributed by atoms with van der Waals surface area (Å²) in [4.78, 5) is 29.9. The van der Waals surface area contributed by atoms with Gasteiger partial charge in [-0.15, -0.1) is 0 Å². The molecule has 3 rings (SSSR count). The standard InChI is InChI=1S/C10H13N5O2/c1-5-3-11-9-12-7-6(15(9)4-5)8(16)13-10(17)14(7)2/h5H,3-4H2,1-2H3,(H,11,12)(H,13,16,17)/t5-/m1/s1. The SMILES string of the molecule is C[C@@H]1CNc2nc3c(c(=O)[nH]c(=O)n3C)n2C1. The lowest BCUT2D eigenvalue weighted by Crippen LogP contribution is -2.30. The number of hydrogen-bond donors (Lipinski definition) is 2. The Morgan fingerprint density at radius 1 is 1.41 bits per heavy atom. The molecule has 3 heterocycles. The molecule has 0 aliphatic carbocycles. The van der Waals surface area contributed by atoms with Crippen molar-refractivity contribution in [3.8, 4) is 0 Å². The number of rotatable bonds is 0. The lowest BCUT2D eigenvalue weighted by Gasteiger charge is -2.21. The zero-order valence-electron chi connectivity index (χ0n) is 9.65. The van der Waals surface area contributed by atoms with Crippen LogP contribution in [-0.4, -0.2) is 25.6 Å². The first-order valence-corrected chi connectivity index (χ1v) is 5.51. The van der Waals surface area contributed by atoms with Crippen LogP contribution in [0.1, 0.15) is 6.92 Å². The first kappa shape index (κ1) is 10.1. The highest BCUT2D eigenvalue weighted by atomic mass is 16.2. The molecular weight excluding hydrogens is 222 g/mol. The van der Waals surface area contributed by atoms with Crippen molar-refractivity contribution in [1.82, 2.24) is 19.1 Å². The smallest absolute Gasteiger partial charge is 0.329 e. The summed E-state index contributed by atoms with van der Waals surface area (Å²) in [5.41, 5.74) is 0.0697. The van der Waals surface area contributed by atoms with E-state index in [1.54, 1.807) is 7.05 Å². The highest BCUT2D eigenvalue weighted by Gasteiger charge is 2.22. The topological polar surface area (TPSA) is 84.7 Å². The van der Waals surface area contributed by atoms with E-state index < -0.39 is 5.69 Å². The minimum absolute atomic E-state index is 0.377. The van der Waals surface area contributed by atoms with Crippen LogP contribution in [0.5, 0.6) is 0 Å².